The quantitative estimate of drug-likeness (QED) is 0.365. The Kier molecular flexibility index (Phi) is 7.52. The van der Waals surface area contributed by atoms with Gasteiger partial charge in [0, 0.05) is 18.7 Å². The van der Waals surface area contributed by atoms with Gasteiger partial charge in [-0.15, -0.1) is 0 Å². The first-order chi connectivity index (χ1) is 15.3. The van der Waals surface area contributed by atoms with E-state index < -0.39 is 17.7 Å². The second-order valence-corrected chi connectivity index (χ2v) is 8.71. The zero-order valence-electron chi connectivity index (χ0n) is 19.8. The van der Waals surface area contributed by atoms with Gasteiger partial charge in [0.15, 0.2) is 0 Å². The number of benzene rings is 2. The standard InChI is InChI=1S/C27H34N2O3/c1-6-28(7-2)16-17-29-24(21-14-12-20(13-15-21)18(3)4)23(26(31)27(29)32)25(30)22-10-8-19(5)9-11-22/h8-15,18,24,30H,6-7,16-17H2,1-5H3/t24-/m1/s1. The number of aliphatic hydroxyl groups is 1. The third-order valence-electron chi connectivity index (χ3n) is 6.34. The van der Waals surface area contributed by atoms with Gasteiger partial charge in [-0.05, 0) is 37.1 Å². The SMILES string of the molecule is CCN(CC)CCN1C(=O)C(=O)C(=C(O)c2ccc(C)cc2)[C@H]1c1ccc(C(C)C)cc1. The van der Waals surface area contributed by atoms with Crippen molar-refractivity contribution in [3.8, 4) is 0 Å². The minimum atomic E-state index is -0.624. The Balaban J connectivity index is 2.09. The van der Waals surface area contributed by atoms with E-state index in [0.717, 1.165) is 24.2 Å². The van der Waals surface area contributed by atoms with Crippen molar-refractivity contribution < 1.29 is 14.7 Å². The van der Waals surface area contributed by atoms with Crippen molar-refractivity contribution in [3.63, 3.8) is 0 Å². The second-order valence-electron chi connectivity index (χ2n) is 8.71. The number of Topliss-reactive ketones (excluding diaryl/α,β-unsaturated/α-hetero) is 1. The number of nitrogens with zero attached hydrogens (tertiary/aromatic N) is 2. The predicted molar refractivity (Wildman–Crippen MR) is 129 cm³/mol. The fourth-order valence-corrected chi connectivity index (χ4v) is 4.18. The second kappa shape index (κ2) is 10.1. The summed E-state index contributed by atoms with van der Waals surface area (Å²) in [5, 5.41) is 11.1. The number of likely N-dealkylation sites (N-methyl/N-ethyl adjacent to an activating group) is 1. The van der Waals surface area contributed by atoms with E-state index in [0.29, 0.717) is 24.6 Å². The van der Waals surface area contributed by atoms with Crippen LogP contribution in [0, 0.1) is 6.92 Å². The molecule has 1 heterocycles. The van der Waals surface area contributed by atoms with E-state index in [-0.39, 0.29) is 11.3 Å². The molecule has 32 heavy (non-hydrogen) atoms. The number of hydrogen-bond acceptors (Lipinski definition) is 4. The highest BCUT2D eigenvalue weighted by atomic mass is 16.3. The van der Waals surface area contributed by atoms with Crippen LogP contribution in [0.25, 0.3) is 5.76 Å². The highest BCUT2D eigenvalue weighted by Gasteiger charge is 2.45. The fourth-order valence-electron chi connectivity index (χ4n) is 4.18. The normalized spacial score (nSPS) is 18.2. The van der Waals surface area contributed by atoms with Crippen molar-refractivity contribution in [1.29, 1.82) is 0 Å². The predicted octanol–water partition coefficient (Wildman–Crippen LogP) is 4.88. The maximum atomic E-state index is 13.1. The van der Waals surface area contributed by atoms with E-state index >= 15 is 0 Å². The van der Waals surface area contributed by atoms with Gasteiger partial charge in [-0.25, -0.2) is 0 Å². The molecule has 1 fully saturated rings. The molecular formula is C27H34N2O3. The summed E-state index contributed by atoms with van der Waals surface area (Å²) >= 11 is 0. The third kappa shape index (κ3) is 4.78. The number of likely N-dealkylation sites (tertiary alicyclic amines) is 1. The van der Waals surface area contributed by atoms with Crippen molar-refractivity contribution in [3.05, 3.63) is 76.4 Å². The molecule has 170 valence electrons. The zero-order valence-corrected chi connectivity index (χ0v) is 19.8. The van der Waals surface area contributed by atoms with Gasteiger partial charge in [0.2, 0.25) is 0 Å². The van der Waals surface area contributed by atoms with Crippen molar-refractivity contribution in [1.82, 2.24) is 9.80 Å². The van der Waals surface area contributed by atoms with Gasteiger partial charge in [0.05, 0.1) is 11.6 Å². The number of aliphatic hydroxyl groups excluding tert-OH is 1. The van der Waals surface area contributed by atoms with Crippen molar-refractivity contribution in [2.75, 3.05) is 26.2 Å². The van der Waals surface area contributed by atoms with Crippen LogP contribution < -0.4 is 0 Å². The van der Waals surface area contributed by atoms with Crippen LogP contribution in [0.4, 0.5) is 0 Å². The Labute approximate surface area is 191 Å². The molecule has 0 radical (unpaired) electrons. The molecule has 1 saturated heterocycles. The van der Waals surface area contributed by atoms with Gasteiger partial charge >= 0.3 is 0 Å². The summed E-state index contributed by atoms with van der Waals surface area (Å²) in [6.07, 6.45) is 0. The van der Waals surface area contributed by atoms with Gasteiger partial charge in [-0.3, -0.25) is 9.59 Å². The average Bonchev–Trinajstić information content (AvgIpc) is 3.04. The topological polar surface area (TPSA) is 60.9 Å². The Bertz CT molecular complexity index is 987. The molecule has 0 unspecified atom stereocenters. The number of hydrogen-bond donors (Lipinski definition) is 1. The Morgan fingerprint density at radius 3 is 2.12 bits per heavy atom. The maximum absolute atomic E-state index is 13.1. The molecule has 1 aliphatic rings. The number of carbonyl (C=O) groups excluding carboxylic acids is 2. The number of ketones is 1. The molecule has 1 N–H and O–H groups in total. The first-order valence-corrected chi connectivity index (χ1v) is 11.5. The minimum absolute atomic E-state index is 0.119. The monoisotopic (exact) mass is 434 g/mol. The molecule has 5 nitrogen and oxygen atoms in total. The summed E-state index contributed by atoms with van der Waals surface area (Å²) in [5.41, 5.74) is 3.79. The molecule has 0 aromatic heterocycles. The van der Waals surface area contributed by atoms with Gasteiger partial charge < -0.3 is 14.9 Å². The van der Waals surface area contributed by atoms with Crippen LogP contribution in [0.5, 0.6) is 0 Å². The van der Waals surface area contributed by atoms with E-state index in [1.54, 1.807) is 17.0 Å². The van der Waals surface area contributed by atoms with Gasteiger partial charge in [-0.1, -0.05) is 81.8 Å². The van der Waals surface area contributed by atoms with Crippen LogP contribution in [-0.4, -0.2) is 52.8 Å². The van der Waals surface area contributed by atoms with Gasteiger partial charge in [0.25, 0.3) is 11.7 Å². The highest BCUT2D eigenvalue weighted by Crippen LogP contribution is 2.39. The molecule has 2 aromatic rings. The lowest BCUT2D eigenvalue weighted by molar-refractivity contribution is -0.140. The van der Waals surface area contributed by atoms with Crippen LogP contribution in [-0.2, 0) is 9.59 Å². The number of aryl methyl sites for hydroxylation is 1. The Morgan fingerprint density at radius 2 is 1.59 bits per heavy atom. The van der Waals surface area contributed by atoms with Crippen molar-refractivity contribution in [2.24, 2.45) is 0 Å². The van der Waals surface area contributed by atoms with E-state index in [4.69, 9.17) is 0 Å². The molecule has 5 heteroatoms. The maximum Gasteiger partial charge on any atom is 0.295 e. The molecule has 1 amide bonds. The molecule has 0 aliphatic carbocycles. The lowest BCUT2D eigenvalue weighted by atomic mass is 9.93. The van der Waals surface area contributed by atoms with Crippen LogP contribution in [0.1, 0.15) is 61.9 Å². The van der Waals surface area contributed by atoms with Crippen LogP contribution >= 0.6 is 0 Å². The third-order valence-corrected chi connectivity index (χ3v) is 6.34. The summed E-state index contributed by atoms with van der Waals surface area (Å²) < 4.78 is 0. The van der Waals surface area contributed by atoms with Crippen molar-refractivity contribution in [2.45, 2.75) is 46.6 Å². The van der Waals surface area contributed by atoms with E-state index in [9.17, 15) is 14.7 Å². The van der Waals surface area contributed by atoms with Crippen LogP contribution in [0.3, 0.4) is 0 Å². The van der Waals surface area contributed by atoms with Crippen LogP contribution in [0.2, 0.25) is 0 Å². The largest absolute Gasteiger partial charge is 0.507 e. The number of rotatable bonds is 8. The van der Waals surface area contributed by atoms with Gasteiger partial charge in [-0.2, -0.15) is 0 Å². The first-order valence-electron chi connectivity index (χ1n) is 11.5. The average molecular weight is 435 g/mol. The summed E-state index contributed by atoms with van der Waals surface area (Å²) in [5.74, 6) is -0.915. The Hall–Kier alpha value is -2.92. The smallest absolute Gasteiger partial charge is 0.295 e. The van der Waals surface area contributed by atoms with Gasteiger partial charge in [0.1, 0.15) is 5.76 Å². The fraction of sp³-hybridized carbons (Fsp3) is 0.407. The van der Waals surface area contributed by atoms with E-state index in [2.05, 4.69) is 32.6 Å². The summed E-state index contributed by atoms with van der Waals surface area (Å²) in [6.45, 7) is 13.2. The summed E-state index contributed by atoms with van der Waals surface area (Å²) in [7, 11) is 0. The molecule has 0 bridgehead atoms. The Morgan fingerprint density at radius 1 is 1.00 bits per heavy atom. The molecule has 1 atom stereocenters. The molecule has 1 aliphatic heterocycles. The van der Waals surface area contributed by atoms with Crippen molar-refractivity contribution >= 4 is 17.4 Å². The molecule has 2 aromatic carbocycles. The lowest BCUT2D eigenvalue weighted by Gasteiger charge is -2.28. The summed E-state index contributed by atoms with van der Waals surface area (Å²) in [6, 6.07) is 14.8. The highest BCUT2D eigenvalue weighted by molar-refractivity contribution is 6.46. The molecule has 0 spiro atoms. The molecule has 3 rings (SSSR count). The summed E-state index contributed by atoms with van der Waals surface area (Å²) in [4.78, 5) is 30.0. The lowest BCUT2D eigenvalue weighted by Crippen LogP contribution is -2.38. The number of carbonyl (C=O) groups is 2. The van der Waals surface area contributed by atoms with E-state index in [1.807, 2.05) is 43.3 Å². The number of amides is 1. The first kappa shape index (κ1) is 23.7. The molecule has 0 saturated carbocycles. The molecular weight excluding hydrogens is 400 g/mol. The van der Waals surface area contributed by atoms with E-state index in [1.165, 1.54) is 5.56 Å². The minimum Gasteiger partial charge on any atom is -0.507 e. The van der Waals surface area contributed by atoms with Crippen LogP contribution in [0.15, 0.2) is 54.1 Å². The zero-order chi connectivity index (χ0) is 23.4.